The molecule has 0 saturated heterocycles. The number of hydrogen-bond donors (Lipinski definition) is 0. The Balaban J connectivity index is 2.75. The fraction of sp³-hybridized carbons (Fsp3) is 0.250. The summed E-state index contributed by atoms with van der Waals surface area (Å²) in [7, 11) is -1.59. The van der Waals surface area contributed by atoms with Crippen LogP contribution < -0.4 is 0 Å². The molecule has 1 aliphatic heterocycles. The minimum absolute atomic E-state index is 0.0430. The van der Waals surface area contributed by atoms with Gasteiger partial charge in [0.05, 0.1) is 21.5 Å². The van der Waals surface area contributed by atoms with Crippen LogP contribution in [0.5, 0.6) is 0 Å². The van der Waals surface area contributed by atoms with Crippen molar-refractivity contribution < 1.29 is 18.2 Å². The van der Waals surface area contributed by atoms with Crippen LogP contribution in [0.4, 0.5) is 10.1 Å². The van der Waals surface area contributed by atoms with Gasteiger partial charge in [0.2, 0.25) is 0 Å². The van der Waals surface area contributed by atoms with Crippen molar-refractivity contribution in [1.29, 1.82) is 0 Å². The molecule has 0 bridgehead atoms. The predicted molar refractivity (Wildman–Crippen MR) is 71.1 cm³/mol. The van der Waals surface area contributed by atoms with E-state index in [2.05, 4.69) is 4.99 Å². The van der Waals surface area contributed by atoms with Crippen LogP contribution >= 0.6 is 11.6 Å². The molecule has 0 radical (unpaired) electrons. The molecule has 7 heteroatoms. The number of carbonyl (C=O) groups is 2. The quantitative estimate of drug-likeness (QED) is 0.748. The second-order valence-electron chi connectivity index (χ2n) is 4.10. The van der Waals surface area contributed by atoms with Gasteiger partial charge in [0.25, 0.3) is 0 Å². The molecule has 2 atom stereocenters. The zero-order chi connectivity index (χ0) is 14.3. The smallest absolute Gasteiger partial charge is 0.182 e. The maximum absolute atomic E-state index is 13.3. The first-order valence-corrected chi connectivity index (χ1v) is 7.22. The Kier molecular flexibility index (Phi) is 3.64. The number of hydrogen-bond acceptors (Lipinski definition) is 4. The maximum atomic E-state index is 13.3. The van der Waals surface area contributed by atoms with E-state index in [4.69, 9.17) is 11.6 Å². The Morgan fingerprint density at radius 1 is 1.47 bits per heavy atom. The van der Waals surface area contributed by atoms with Gasteiger partial charge in [-0.05, 0) is 19.1 Å². The lowest BCUT2D eigenvalue weighted by Crippen LogP contribution is -2.35. The second kappa shape index (κ2) is 4.94. The molecule has 4 nitrogen and oxygen atoms in total. The Morgan fingerprint density at radius 3 is 2.63 bits per heavy atom. The number of carbonyl (C=O) groups excluding carboxylic acids is 2. The SMILES string of the molecule is CC(=O)C1C(=O)c2cc(F)cc(Cl)c2N=C1S(C)=O. The molecule has 2 rings (SSSR count). The Morgan fingerprint density at radius 2 is 2.11 bits per heavy atom. The van der Waals surface area contributed by atoms with E-state index in [1.165, 1.54) is 13.2 Å². The van der Waals surface area contributed by atoms with E-state index in [1.54, 1.807) is 0 Å². The summed E-state index contributed by atoms with van der Waals surface area (Å²) in [4.78, 5) is 27.8. The average molecular weight is 302 g/mol. The fourth-order valence-electron chi connectivity index (χ4n) is 1.90. The molecule has 0 amide bonds. The van der Waals surface area contributed by atoms with Crippen LogP contribution in [0.15, 0.2) is 17.1 Å². The largest absolute Gasteiger partial charge is 0.299 e. The van der Waals surface area contributed by atoms with Gasteiger partial charge in [-0.2, -0.15) is 0 Å². The van der Waals surface area contributed by atoms with E-state index in [1.807, 2.05) is 0 Å². The highest BCUT2D eigenvalue weighted by atomic mass is 35.5. The van der Waals surface area contributed by atoms with E-state index in [9.17, 15) is 18.2 Å². The third-order valence-corrected chi connectivity index (χ3v) is 3.93. The maximum Gasteiger partial charge on any atom is 0.182 e. The third-order valence-electron chi connectivity index (χ3n) is 2.73. The molecule has 1 aromatic rings. The van der Waals surface area contributed by atoms with Gasteiger partial charge in [-0.3, -0.25) is 13.8 Å². The highest BCUT2D eigenvalue weighted by Crippen LogP contribution is 2.36. The summed E-state index contributed by atoms with van der Waals surface area (Å²) in [6, 6.07) is 2.00. The van der Waals surface area contributed by atoms with Gasteiger partial charge in [-0.25, -0.2) is 9.38 Å². The normalized spacial score (nSPS) is 19.7. The van der Waals surface area contributed by atoms with Crippen LogP contribution in [-0.2, 0) is 15.6 Å². The summed E-state index contributed by atoms with van der Waals surface area (Å²) in [5, 5.41) is -0.0909. The van der Waals surface area contributed by atoms with Crippen molar-refractivity contribution in [2.45, 2.75) is 6.92 Å². The van der Waals surface area contributed by atoms with Gasteiger partial charge in [0.1, 0.15) is 22.6 Å². The van der Waals surface area contributed by atoms with Crippen molar-refractivity contribution in [3.05, 3.63) is 28.5 Å². The van der Waals surface area contributed by atoms with Crippen LogP contribution in [0, 0.1) is 11.7 Å². The highest BCUT2D eigenvalue weighted by Gasteiger charge is 2.37. The molecule has 1 heterocycles. The van der Waals surface area contributed by atoms with Crippen molar-refractivity contribution in [2.75, 3.05) is 6.26 Å². The predicted octanol–water partition coefficient (Wildman–Crippen LogP) is 2.29. The second-order valence-corrected chi connectivity index (χ2v) is 5.83. The summed E-state index contributed by atoms with van der Waals surface area (Å²) in [5.74, 6) is -3.01. The monoisotopic (exact) mass is 301 g/mol. The number of rotatable bonds is 1. The first-order chi connectivity index (χ1) is 8.82. The van der Waals surface area contributed by atoms with Gasteiger partial charge in [-0.1, -0.05) is 11.6 Å². The molecule has 0 fully saturated rings. The van der Waals surface area contributed by atoms with Crippen LogP contribution in [0.2, 0.25) is 5.02 Å². The van der Waals surface area contributed by atoms with Crippen LogP contribution in [0.3, 0.4) is 0 Å². The van der Waals surface area contributed by atoms with Crippen LogP contribution in [-0.4, -0.2) is 27.1 Å². The minimum atomic E-state index is -1.59. The Labute approximate surface area is 116 Å². The summed E-state index contributed by atoms with van der Waals surface area (Å²) < 4.78 is 24.9. The lowest BCUT2D eigenvalue weighted by molar-refractivity contribution is -0.117. The van der Waals surface area contributed by atoms with Gasteiger partial charge >= 0.3 is 0 Å². The van der Waals surface area contributed by atoms with Crippen LogP contribution in [0.1, 0.15) is 17.3 Å². The topological polar surface area (TPSA) is 63.6 Å². The number of Topliss-reactive ketones (excluding diaryl/α,β-unsaturated/α-hetero) is 2. The third kappa shape index (κ3) is 2.37. The number of halogens is 2. The van der Waals surface area contributed by atoms with Crippen LogP contribution in [0.25, 0.3) is 0 Å². The highest BCUT2D eigenvalue weighted by molar-refractivity contribution is 8.00. The number of aliphatic imine (C=N–C) groups is 1. The number of nitrogens with zero attached hydrogens (tertiary/aromatic N) is 1. The first kappa shape index (κ1) is 14.0. The summed E-state index contributed by atoms with van der Waals surface area (Å²) in [5.41, 5.74) is 0.00941. The van der Waals surface area contributed by atoms with E-state index < -0.39 is 34.1 Å². The molecule has 0 spiro atoms. The van der Waals surface area contributed by atoms with Crippen molar-refractivity contribution in [2.24, 2.45) is 10.9 Å². The minimum Gasteiger partial charge on any atom is -0.299 e. The number of benzene rings is 1. The fourth-order valence-corrected chi connectivity index (χ4v) is 2.97. The van der Waals surface area contributed by atoms with Crippen molar-refractivity contribution in [3.8, 4) is 0 Å². The lowest BCUT2D eigenvalue weighted by atomic mass is 9.91. The molecule has 1 aliphatic rings. The van der Waals surface area contributed by atoms with Crippen molar-refractivity contribution in [1.82, 2.24) is 0 Å². The molecule has 2 unspecified atom stereocenters. The molecular weight excluding hydrogens is 293 g/mol. The summed E-state index contributed by atoms with van der Waals surface area (Å²) >= 11 is 5.83. The molecule has 19 heavy (non-hydrogen) atoms. The molecule has 1 aromatic carbocycles. The summed E-state index contributed by atoms with van der Waals surface area (Å²) in [6.07, 6.45) is 1.32. The number of fused-ring (bicyclic) bond motifs is 1. The van der Waals surface area contributed by atoms with E-state index in [0.29, 0.717) is 0 Å². The van der Waals surface area contributed by atoms with E-state index in [-0.39, 0.29) is 21.3 Å². The Hall–Kier alpha value is -1.40. The zero-order valence-corrected chi connectivity index (χ0v) is 11.6. The summed E-state index contributed by atoms with van der Waals surface area (Å²) in [6.45, 7) is 1.21. The van der Waals surface area contributed by atoms with Gasteiger partial charge in [0.15, 0.2) is 5.78 Å². The van der Waals surface area contributed by atoms with Gasteiger partial charge < -0.3 is 0 Å². The standard InChI is InChI=1S/C12H9ClFNO3S/c1-5(16)9-11(17)7-3-6(14)4-8(13)10(7)15-12(9)19(2)18/h3-4,9H,1-2H3. The molecular formula is C12H9ClFNO3S. The van der Waals surface area contributed by atoms with Gasteiger partial charge in [-0.15, -0.1) is 0 Å². The van der Waals surface area contributed by atoms with E-state index >= 15 is 0 Å². The zero-order valence-electron chi connectivity index (χ0n) is 10.1. The lowest BCUT2D eigenvalue weighted by Gasteiger charge is -2.21. The van der Waals surface area contributed by atoms with Crippen molar-refractivity contribution in [3.63, 3.8) is 0 Å². The molecule has 0 saturated carbocycles. The molecule has 0 aliphatic carbocycles. The number of ketones is 2. The van der Waals surface area contributed by atoms with E-state index in [0.717, 1.165) is 12.1 Å². The Bertz CT molecular complexity index is 657. The first-order valence-electron chi connectivity index (χ1n) is 5.28. The molecule has 0 aromatic heterocycles. The van der Waals surface area contributed by atoms with Crippen molar-refractivity contribution >= 4 is 44.7 Å². The molecule has 100 valence electrons. The molecule has 0 N–H and O–H groups in total. The van der Waals surface area contributed by atoms with Gasteiger partial charge in [0, 0.05) is 11.8 Å². The average Bonchev–Trinajstić information content (AvgIpc) is 2.29.